The van der Waals surface area contributed by atoms with Crippen LogP contribution in [-0.2, 0) is 16.0 Å². The number of hydrogen-bond donors (Lipinski definition) is 0. The Bertz CT molecular complexity index is 540. The molecular weight excluding hydrogens is 252 g/mol. The van der Waals surface area contributed by atoms with Crippen molar-refractivity contribution < 1.29 is 18.4 Å². The standard InChI is InChI=1S/C14H15F2NO2/c1-14(2)8-12(18)17(13(14)19)6-5-9-3-4-10(15)11(16)7-9/h3-4,7H,5-6,8H2,1-2H3. The van der Waals surface area contributed by atoms with E-state index in [2.05, 4.69) is 0 Å². The molecule has 1 saturated heterocycles. The SMILES string of the molecule is CC1(C)CC(=O)N(CCc2ccc(F)c(F)c2)C1=O. The first-order valence-corrected chi connectivity index (χ1v) is 6.10. The van der Waals surface area contributed by atoms with Crippen LogP contribution in [0.15, 0.2) is 18.2 Å². The summed E-state index contributed by atoms with van der Waals surface area (Å²) in [5.41, 5.74) is -0.102. The number of imide groups is 1. The highest BCUT2D eigenvalue weighted by Crippen LogP contribution is 2.31. The molecule has 0 radical (unpaired) electrons. The quantitative estimate of drug-likeness (QED) is 0.788. The maximum absolute atomic E-state index is 13.0. The van der Waals surface area contributed by atoms with Crippen molar-refractivity contribution in [2.24, 2.45) is 5.41 Å². The molecule has 0 aliphatic carbocycles. The van der Waals surface area contributed by atoms with Crippen LogP contribution in [0.2, 0.25) is 0 Å². The van der Waals surface area contributed by atoms with Crippen molar-refractivity contribution in [1.82, 2.24) is 4.90 Å². The van der Waals surface area contributed by atoms with E-state index in [1.165, 1.54) is 11.0 Å². The molecule has 2 amide bonds. The normalized spacial score (nSPS) is 18.2. The molecule has 0 N–H and O–H groups in total. The van der Waals surface area contributed by atoms with Crippen molar-refractivity contribution >= 4 is 11.8 Å². The molecule has 5 heteroatoms. The van der Waals surface area contributed by atoms with Crippen LogP contribution in [0.4, 0.5) is 8.78 Å². The lowest BCUT2D eigenvalue weighted by Crippen LogP contribution is -2.34. The molecule has 1 aliphatic rings. The first kappa shape index (κ1) is 13.6. The summed E-state index contributed by atoms with van der Waals surface area (Å²) in [5.74, 6) is -2.24. The number of nitrogens with zero attached hydrogens (tertiary/aromatic N) is 1. The van der Waals surface area contributed by atoms with Crippen LogP contribution in [0, 0.1) is 17.0 Å². The second kappa shape index (κ2) is 4.72. The predicted octanol–water partition coefficient (Wildman–Crippen LogP) is 2.29. The van der Waals surface area contributed by atoms with Crippen LogP contribution >= 0.6 is 0 Å². The van der Waals surface area contributed by atoms with Crippen molar-refractivity contribution in [3.8, 4) is 0 Å². The molecular formula is C14H15F2NO2. The minimum Gasteiger partial charge on any atom is -0.282 e. The zero-order chi connectivity index (χ0) is 14.2. The zero-order valence-corrected chi connectivity index (χ0v) is 10.9. The summed E-state index contributed by atoms with van der Waals surface area (Å²) >= 11 is 0. The maximum atomic E-state index is 13.0. The number of halogens is 2. The highest BCUT2D eigenvalue weighted by Gasteiger charge is 2.44. The summed E-state index contributed by atoms with van der Waals surface area (Å²) in [6.45, 7) is 3.65. The molecule has 102 valence electrons. The van der Waals surface area contributed by atoms with Crippen LogP contribution < -0.4 is 0 Å². The Morgan fingerprint density at radius 2 is 1.89 bits per heavy atom. The number of likely N-dealkylation sites (tertiary alicyclic amines) is 1. The third-order valence-corrected chi connectivity index (χ3v) is 3.33. The summed E-state index contributed by atoms with van der Waals surface area (Å²) in [4.78, 5) is 24.9. The molecule has 0 bridgehead atoms. The van der Waals surface area contributed by atoms with Crippen molar-refractivity contribution in [1.29, 1.82) is 0 Å². The van der Waals surface area contributed by atoms with Gasteiger partial charge in [-0.3, -0.25) is 14.5 Å². The number of amides is 2. The maximum Gasteiger partial charge on any atom is 0.235 e. The van der Waals surface area contributed by atoms with E-state index in [0.29, 0.717) is 12.0 Å². The van der Waals surface area contributed by atoms with Crippen LogP contribution in [0.3, 0.4) is 0 Å². The van der Waals surface area contributed by atoms with E-state index in [-0.39, 0.29) is 24.8 Å². The topological polar surface area (TPSA) is 37.4 Å². The number of rotatable bonds is 3. The molecule has 0 aromatic heterocycles. The van der Waals surface area contributed by atoms with Crippen LogP contribution in [0.1, 0.15) is 25.8 Å². The molecule has 19 heavy (non-hydrogen) atoms. The largest absolute Gasteiger partial charge is 0.282 e. The summed E-state index contributed by atoms with van der Waals surface area (Å²) in [5, 5.41) is 0. The van der Waals surface area contributed by atoms with E-state index >= 15 is 0 Å². The van der Waals surface area contributed by atoms with Crippen LogP contribution in [0.5, 0.6) is 0 Å². The van der Waals surface area contributed by atoms with Gasteiger partial charge in [0, 0.05) is 13.0 Å². The molecule has 1 aromatic rings. The van der Waals surface area contributed by atoms with Gasteiger partial charge in [-0.1, -0.05) is 19.9 Å². The monoisotopic (exact) mass is 267 g/mol. The van der Waals surface area contributed by atoms with Crippen molar-refractivity contribution in [2.75, 3.05) is 6.54 Å². The fourth-order valence-corrected chi connectivity index (χ4v) is 2.19. The minimum absolute atomic E-state index is 0.198. The predicted molar refractivity (Wildman–Crippen MR) is 65.2 cm³/mol. The van der Waals surface area contributed by atoms with Gasteiger partial charge in [0.2, 0.25) is 11.8 Å². The summed E-state index contributed by atoms with van der Waals surface area (Å²) in [7, 11) is 0. The molecule has 1 aromatic carbocycles. The highest BCUT2D eigenvalue weighted by molar-refractivity contribution is 6.05. The zero-order valence-electron chi connectivity index (χ0n) is 10.9. The smallest absolute Gasteiger partial charge is 0.235 e. The van der Waals surface area contributed by atoms with Gasteiger partial charge in [-0.05, 0) is 24.1 Å². The number of carbonyl (C=O) groups excluding carboxylic acids is 2. The number of hydrogen-bond acceptors (Lipinski definition) is 2. The average Bonchev–Trinajstić information content (AvgIpc) is 2.51. The van der Waals surface area contributed by atoms with Crippen molar-refractivity contribution in [3.63, 3.8) is 0 Å². The minimum atomic E-state index is -0.920. The van der Waals surface area contributed by atoms with Gasteiger partial charge in [0.25, 0.3) is 0 Å². The summed E-state index contributed by atoms with van der Waals surface area (Å²) in [6, 6.07) is 3.59. The Kier molecular flexibility index (Phi) is 3.39. The Morgan fingerprint density at radius 1 is 1.21 bits per heavy atom. The highest BCUT2D eigenvalue weighted by atomic mass is 19.2. The molecule has 0 spiro atoms. The molecule has 2 rings (SSSR count). The van der Waals surface area contributed by atoms with E-state index in [1.807, 2.05) is 0 Å². The molecule has 0 saturated carbocycles. The molecule has 1 fully saturated rings. The van der Waals surface area contributed by atoms with Gasteiger partial charge in [-0.15, -0.1) is 0 Å². The number of carbonyl (C=O) groups is 2. The van der Waals surface area contributed by atoms with Crippen LogP contribution in [-0.4, -0.2) is 23.3 Å². The van der Waals surface area contributed by atoms with Gasteiger partial charge in [0.1, 0.15) is 0 Å². The second-order valence-electron chi connectivity index (χ2n) is 5.41. The van der Waals surface area contributed by atoms with Gasteiger partial charge in [0.05, 0.1) is 5.41 Å². The van der Waals surface area contributed by atoms with Gasteiger partial charge < -0.3 is 0 Å². The summed E-state index contributed by atoms with van der Waals surface area (Å²) in [6.07, 6.45) is 0.522. The second-order valence-corrected chi connectivity index (χ2v) is 5.41. The van der Waals surface area contributed by atoms with E-state index < -0.39 is 17.0 Å². The molecule has 3 nitrogen and oxygen atoms in total. The Hall–Kier alpha value is -1.78. The van der Waals surface area contributed by atoms with E-state index in [0.717, 1.165) is 12.1 Å². The fraction of sp³-hybridized carbons (Fsp3) is 0.429. The Morgan fingerprint density at radius 3 is 2.42 bits per heavy atom. The molecule has 0 atom stereocenters. The van der Waals surface area contributed by atoms with Crippen molar-refractivity contribution in [2.45, 2.75) is 26.7 Å². The third-order valence-electron chi connectivity index (χ3n) is 3.33. The average molecular weight is 267 g/mol. The third kappa shape index (κ3) is 2.64. The summed E-state index contributed by atoms with van der Waals surface area (Å²) < 4.78 is 25.8. The molecule has 1 aliphatic heterocycles. The first-order chi connectivity index (χ1) is 8.81. The van der Waals surface area contributed by atoms with Gasteiger partial charge in [0.15, 0.2) is 11.6 Å². The lowest BCUT2D eigenvalue weighted by atomic mass is 9.92. The lowest BCUT2D eigenvalue weighted by Gasteiger charge is -2.17. The van der Waals surface area contributed by atoms with Gasteiger partial charge >= 0.3 is 0 Å². The van der Waals surface area contributed by atoms with Gasteiger partial charge in [-0.25, -0.2) is 8.78 Å². The first-order valence-electron chi connectivity index (χ1n) is 6.10. The van der Waals surface area contributed by atoms with Crippen molar-refractivity contribution in [3.05, 3.63) is 35.4 Å². The molecule has 0 unspecified atom stereocenters. The Labute approximate surface area is 110 Å². The molecule has 1 heterocycles. The van der Waals surface area contributed by atoms with E-state index in [4.69, 9.17) is 0 Å². The van der Waals surface area contributed by atoms with Gasteiger partial charge in [-0.2, -0.15) is 0 Å². The Balaban J connectivity index is 2.05. The van der Waals surface area contributed by atoms with Crippen LogP contribution in [0.25, 0.3) is 0 Å². The number of benzene rings is 1. The fourth-order valence-electron chi connectivity index (χ4n) is 2.19. The lowest BCUT2D eigenvalue weighted by molar-refractivity contribution is -0.140. The van der Waals surface area contributed by atoms with E-state index in [1.54, 1.807) is 13.8 Å². The van der Waals surface area contributed by atoms with E-state index in [9.17, 15) is 18.4 Å².